The lowest BCUT2D eigenvalue weighted by molar-refractivity contribution is -0.140. The van der Waals surface area contributed by atoms with Crippen LogP contribution in [0.3, 0.4) is 0 Å². The number of carbonyl (C=O) groups is 2. The van der Waals surface area contributed by atoms with E-state index in [-0.39, 0.29) is 29.0 Å². The maximum absolute atomic E-state index is 14.3. The highest BCUT2D eigenvalue weighted by atomic mass is 32.2. The van der Waals surface area contributed by atoms with Crippen LogP contribution in [0, 0.1) is 5.92 Å². The van der Waals surface area contributed by atoms with Crippen LogP contribution in [0.25, 0.3) is 0 Å². The summed E-state index contributed by atoms with van der Waals surface area (Å²) in [6.07, 6.45) is 2.25. The lowest BCUT2D eigenvalue weighted by Crippen LogP contribution is -2.52. The largest absolute Gasteiger partial charge is 0.497 e. The van der Waals surface area contributed by atoms with Crippen molar-refractivity contribution in [1.82, 2.24) is 10.2 Å². The number of carbonyl (C=O) groups excluding carboxylic acids is 2. The molecule has 0 aliphatic rings. The molecule has 3 rings (SSSR count). The van der Waals surface area contributed by atoms with Crippen molar-refractivity contribution in [2.45, 2.75) is 56.5 Å². The molecule has 1 N–H and O–H groups in total. The molecule has 2 amide bonds. The Hall–Kier alpha value is -3.70. The Labute approximate surface area is 266 Å². The van der Waals surface area contributed by atoms with Crippen molar-refractivity contribution in [1.29, 1.82) is 0 Å². The molecule has 3 aromatic rings. The van der Waals surface area contributed by atoms with E-state index in [1.165, 1.54) is 28.8 Å². The van der Waals surface area contributed by atoms with Crippen molar-refractivity contribution in [3.05, 3.63) is 78.4 Å². The molecule has 0 radical (unpaired) electrons. The summed E-state index contributed by atoms with van der Waals surface area (Å²) in [5, 5.41) is 2.94. The molecule has 0 bridgehead atoms. The molecule has 0 saturated heterocycles. The average molecular weight is 642 g/mol. The molecule has 0 fully saturated rings. The Morgan fingerprint density at radius 2 is 1.61 bits per heavy atom. The number of nitrogens with zero attached hydrogens (tertiary/aromatic N) is 2. The molecule has 3 aromatic carbocycles. The zero-order valence-electron chi connectivity index (χ0n) is 26.3. The monoisotopic (exact) mass is 641 g/mol. The quantitative estimate of drug-likeness (QED) is 0.203. The fourth-order valence-corrected chi connectivity index (χ4v) is 6.43. The van der Waals surface area contributed by atoms with Gasteiger partial charge >= 0.3 is 0 Å². The first-order valence-corrected chi connectivity index (χ1v) is 17.3. The number of nitrogens with one attached hydrogen (secondary N) is 1. The standard InChI is InChI=1S/C33H43N3O6S2/c1-7-29(33(38)34-21-24(3)4)35(22-25-13-15-26(41-5)16-14-25)32(37)23-36(30-11-9-10-12-31(30)42-8-2)44(39,40)28-19-17-27(43-6)18-20-28/h9-20,24,29H,7-8,21-23H2,1-6H3,(H,34,38). The molecular weight excluding hydrogens is 599 g/mol. The molecule has 0 aliphatic heterocycles. The first-order chi connectivity index (χ1) is 21.0. The smallest absolute Gasteiger partial charge is 0.264 e. The van der Waals surface area contributed by atoms with E-state index in [1.807, 2.05) is 39.2 Å². The number of ether oxygens (including phenoxy) is 2. The number of methoxy groups -OCH3 is 1. The summed E-state index contributed by atoms with van der Waals surface area (Å²) in [6.45, 7) is 7.94. The Balaban J connectivity index is 2.10. The highest BCUT2D eigenvalue weighted by Crippen LogP contribution is 2.33. The second-order valence-electron chi connectivity index (χ2n) is 10.5. The van der Waals surface area contributed by atoms with E-state index >= 15 is 0 Å². The highest BCUT2D eigenvalue weighted by Gasteiger charge is 2.34. The number of amides is 2. The van der Waals surface area contributed by atoms with E-state index in [9.17, 15) is 18.0 Å². The Bertz CT molecular complexity index is 1480. The van der Waals surface area contributed by atoms with Gasteiger partial charge < -0.3 is 19.7 Å². The van der Waals surface area contributed by atoms with E-state index in [1.54, 1.807) is 62.6 Å². The van der Waals surface area contributed by atoms with Crippen molar-refractivity contribution in [2.24, 2.45) is 5.92 Å². The number of hydrogen-bond acceptors (Lipinski definition) is 7. The molecule has 0 aliphatic carbocycles. The molecule has 11 heteroatoms. The molecule has 0 spiro atoms. The van der Waals surface area contributed by atoms with Crippen LogP contribution in [0.15, 0.2) is 82.6 Å². The predicted octanol–water partition coefficient (Wildman–Crippen LogP) is 5.59. The minimum atomic E-state index is -4.23. The van der Waals surface area contributed by atoms with Gasteiger partial charge in [-0.1, -0.05) is 45.0 Å². The summed E-state index contributed by atoms with van der Waals surface area (Å²) in [5.74, 6) is 0.388. The second kappa shape index (κ2) is 16.4. The van der Waals surface area contributed by atoms with Gasteiger partial charge in [0.25, 0.3) is 10.0 Å². The number of para-hydroxylation sites is 2. The van der Waals surface area contributed by atoms with E-state index in [0.717, 1.165) is 14.8 Å². The zero-order chi connectivity index (χ0) is 32.3. The van der Waals surface area contributed by atoms with Gasteiger partial charge in [-0.05, 0) is 79.6 Å². The summed E-state index contributed by atoms with van der Waals surface area (Å²) in [4.78, 5) is 30.1. The minimum Gasteiger partial charge on any atom is -0.497 e. The van der Waals surface area contributed by atoms with Gasteiger partial charge in [0.2, 0.25) is 11.8 Å². The van der Waals surface area contributed by atoms with Crippen LogP contribution in [-0.4, -0.2) is 64.2 Å². The molecule has 0 heterocycles. The summed E-state index contributed by atoms with van der Waals surface area (Å²) in [7, 11) is -2.65. The van der Waals surface area contributed by atoms with Crippen molar-refractivity contribution < 1.29 is 27.5 Å². The average Bonchev–Trinajstić information content (AvgIpc) is 3.03. The number of benzene rings is 3. The van der Waals surface area contributed by atoms with Crippen molar-refractivity contribution in [3.63, 3.8) is 0 Å². The molecule has 0 saturated carbocycles. The summed E-state index contributed by atoms with van der Waals surface area (Å²) < 4.78 is 40.6. The molecule has 1 atom stereocenters. The van der Waals surface area contributed by atoms with Gasteiger partial charge in [-0.3, -0.25) is 13.9 Å². The third kappa shape index (κ3) is 8.92. The highest BCUT2D eigenvalue weighted by molar-refractivity contribution is 7.98. The third-order valence-corrected chi connectivity index (χ3v) is 9.46. The molecule has 238 valence electrons. The Kier molecular flexibility index (Phi) is 13.0. The lowest BCUT2D eigenvalue weighted by atomic mass is 10.1. The van der Waals surface area contributed by atoms with Crippen LogP contribution in [0.4, 0.5) is 5.69 Å². The van der Waals surface area contributed by atoms with Gasteiger partial charge in [0, 0.05) is 18.0 Å². The Morgan fingerprint density at radius 3 is 2.18 bits per heavy atom. The van der Waals surface area contributed by atoms with Gasteiger partial charge in [0.15, 0.2) is 0 Å². The summed E-state index contributed by atoms with van der Waals surface area (Å²) >= 11 is 1.50. The topological polar surface area (TPSA) is 105 Å². The SMILES string of the molecule is CCOc1ccccc1N(CC(=O)N(Cc1ccc(OC)cc1)C(CC)C(=O)NCC(C)C)S(=O)(=O)c1ccc(SC)cc1. The maximum Gasteiger partial charge on any atom is 0.264 e. The first-order valence-electron chi connectivity index (χ1n) is 14.6. The van der Waals surface area contributed by atoms with Crippen LogP contribution in [0.5, 0.6) is 11.5 Å². The third-order valence-electron chi connectivity index (χ3n) is 6.94. The number of hydrogen-bond donors (Lipinski definition) is 1. The zero-order valence-corrected chi connectivity index (χ0v) is 27.9. The Morgan fingerprint density at radius 1 is 0.955 bits per heavy atom. The number of sulfonamides is 1. The molecule has 44 heavy (non-hydrogen) atoms. The second-order valence-corrected chi connectivity index (χ2v) is 13.3. The summed E-state index contributed by atoms with van der Waals surface area (Å²) in [5.41, 5.74) is 1.00. The van der Waals surface area contributed by atoms with Crippen molar-refractivity contribution in [2.75, 3.05) is 37.4 Å². The molecule has 9 nitrogen and oxygen atoms in total. The molecular formula is C33H43N3O6S2. The van der Waals surface area contributed by atoms with Gasteiger partial charge in [-0.2, -0.15) is 0 Å². The van der Waals surface area contributed by atoms with Crippen LogP contribution in [0.1, 0.15) is 39.7 Å². The number of rotatable bonds is 16. The van der Waals surface area contributed by atoms with Crippen LogP contribution in [-0.2, 0) is 26.2 Å². The normalized spacial score (nSPS) is 12.0. The fraction of sp³-hybridized carbons (Fsp3) is 0.394. The number of anilines is 1. The minimum absolute atomic E-state index is 0.0397. The molecule has 0 aromatic heterocycles. The van der Waals surface area contributed by atoms with Gasteiger partial charge in [0.05, 0.1) is 24.3 Å². The van der Waals surface area contributed by atoms with Crippen molar-refractivity contribution >= 4 is 39.3 Å². The van der Waals surface area contributed by atoms with E-state index in [0.29, 0.717) is 31.1 Å². The summed E-state index contributed by atoms with van der Waals surface area (Å²) in [6, 6.07) is 19.7. The first kappa shape index (κ1) is 34.8. The number of thioether (sulfide) groups is 1. The van der Waals surface area contributed by atoms with E-state index in [2.05, 4.69) is 5.32 Å². The van der Waals surface area contributed by atoms with Gasteiger partial charge in [0.1, 0.15) is 24.1 Å². The van der Waals surface area contributed by atoms with E-state index in [4.69, 9.17) is 9.47 Å². The van der Waals surface area contributed by atoms with Crippen LogP contribution in [0.2, 0.25) is 0 Å². The lowest BCUT2D eigenvalue weighted by Gasteiger charge is -2.33. The predicted molar refractivity (Wildman–Crippen MR) is 176 cm³/mol. The van der Waals surface area contributed by atoms with E-state index < -0.39 is 28.5 Å². The maximum atomic E-state index is 14.3. The van der Waals surface area contributed by atoms with Crippen molar-refractivity contribution in [3.8, 4) is 11.5 Å². The van der Waals surface area contributed by atoms with Gasteiger partial charge in [-0.25, -0.2) is 8.42 Å². The van der Waals surface area contributed by atoms with Crippen LogP contribution < -0.4 is 19.1 Å². The van der Waals surface area contributed by atoms with Gasteiger partial charge in [-0.15, -0.1) is 11.8 Å². The van der Waals surface area contributed by atoms with Crippen LogP contribution >= 0.6 is 11.8 Å². The fourth-order valence-electron chi connectivity index (χ4n) is 4.60. The molecule has 1 unspecified atom stereocenters.